The van der Waals surface area contributed by atoms with Crippen molar-refractivity contribution in [2.75, 3.05) is 6.61 Å². The molecule has 0 aliphatic rings. The van der Waals surface area contributed by atoms with Gasteiger partial charge in [-0.05, 0) is 6.92 Å². The summed E-state index contributed by atoms with van der Waals surface area (Å²) in [5.41, 5.74) is 0. The Labute approximate surface area is 57.6 Å². The van der Waals surface area contributed by atoms with E-state index < -0.39 is 0 Å². The second-order valence-electron chi connectivity index (χ2n) is 1.32. The molecule has 0 aliphatic carbocycles. The minimum Gasteiger partial charge on any atom is -0.366 e. The zero-order valence-corrected chi connectivity index (χ0v) is 6.31. The van der Waals surface area contributed by atoms with Gasteiger partial charge in [-0.15, -0.1) is 0 Å². The number of hydrogen-bond acceptors (Lipinski definition) is 2. The Morgan fingerprint density at radius 2 is 2.50 bits per heavy atom. The molecule has 0 radical (unpaired) electrons. The topological polar surface area (TPSA) is 33.0 Å². The molecule has 0 amide bonds. The first-order valence-corrected chi connectivity index (χ1v) is 3.31. The Kier molecular flexibility index (Phi) is 5.03. The van der Waals surface area contributed by atoms with E-state index in [2.05, 4.69) is 15.9 Å². The molecule has 0 fully saturated rings. The van der Waals surface area contributed by atoms with Crippen molar-refractivity contribution < 1.29 is 4.74 Å². The Balaban J connectivity index is 2.85. The smallest absolute Gasteiger partial charge is 0.109 e. The third kappa shape index (κ3) is 5.93. The lowest BCUT2D eigenvalue weighted by molar-refractivity contribution is 0.134. The van der Waals surface area contributed by atoms with Crippen molar-refractivity contribution in [2.45, 2.75) is 18.4 Å². The molecule has 0 heterocycles. The van der Waals surface area contributed by atoms with Crippen LogP contribution in [0.2, 0.25) is 0 Å². The Bertz CT molecular complexity index is 86.9. The van der Waals surface area contributed by atoms with Crippen LogP contribution in [0.4, 0.5) is 0 Å². The zero-order chi connectivity index (χ0) is 6.41. The normalized spacial score (nSPS) is 12.6. The Hall–Kier alpha value is -0.0700. The molecule has 0 aliphatic heterocycles. The Morgan fingerprint density at radius 1 is 1.88 bits per heavy atom. The van der Waals surface area contributed by atoms with Crippen molar-refractivity contribution in [2.24, 2.45) is 0 Å². The van der Waals surface area contributed by atoms with E-state index in [1.165, 1.54) is 0 Å². The fourth-order valence-electron chi connectivity index (χ4n) is 0.267. The van der Waals surface area contributed by atoms with Crippen LogP contribution >= 0.6 is 15.9 Å². The number of rotatable bonds is 3. The van der Waals surface area contributed by atoms with E-state index in [9.17, 15) is 0 Å². The van der Waals surface area contributed by atoms with Gasteiger partial charge in [0.1, 0.15) is 5.01 Å². The summed E-state index contributed by atoms with van der Waals surface area (Å²) in [6.45, 7) is 2.39. The quantitative estimate of drug-likeness (QED) is 0.486. The van der Waals surface area contributed by atoms with Crippen molar-refractivity contribution in [1.29, 1.82) is 5.26 Å². The van der Waals surface area contributed by atoms with Gasteiger partial charge in [-0.1, -0.05) is 15.9 Å². The summed E-state index contributed by atoms with van der Waals surface area (Å²) < 4.78 is 4.98. The van der Waals surface area contributed by atoms with Gasteiger partial charge < -0.3 is 4.74 Å². The van der Waals surface area contributed by atoms with Crippen LogP contribution in [0.1, 0.15) is 13.3 Å². The Morgan fingerprint density at radius 3 is 2.88 bits per heavy atom. The molecule has 0 bridgehead atoms. The number of nitrogens with zero attached hydrogens (tertiary/aromatic N) is 1. The van der Waals surface area contributed by atoms with Crippen LogP contribution in [0, 0.1) is 11.3 Å². The number of alkyl halides is 1. The van der Waals surface area contributed by atoms with Gasteiger partial charge in [0, 0.05) is 0 Å². The monoisotopic (exact) mass is 177 g/mol. The minimum atomic E-state index is 0.0656. The molecule has 1 unspecified atom stereocenters. The summed E-state index contributed by atoms with van der Waals surface area (Å²) in [6, 6.07) is 1.98. The molecular formula is C5H8BrNO. The highest BCUT2D eigenvalue weighted by Crippen LogP contribution is 1.98. The second-order valence-corrected chi connectivity index (χ2v) is 2.61. The molecule has 1 atom stereocenters. The molecular weight excluding hydrogens is 170 g/mol. The maximum absolute atomic E-state index is 8.03. The van der Waals surface area contributed by atoms with E-state index in [0.717, 1.165) is 0 Å². The highest BCUT2D eigenvalue weighted by Gasteiger charge is 1.91. The molecule has 2 nitrogen and oxygen atoms in total. The molecule has 3 heteroatoms. The van der Waals surface area contributed by atoms with E-state index in [4.69, 9.17) is 10.00 Å². The fourth-order valence-corrected chi connectivity index (χ4v) is 0.454. The van der Waals surface area contributed by atoms with Gasteiger partial charge in [0.05, 0.1) is 19.1 Å². The first-order valence-electron chi connectivity index (χ1n) is 2.40. The largest absolute Gasteiger partial charge is 0.366 e. The molecule has 8 heavy (non-hydrogen) atoms. The van der Waals surface area contributed by atoms with Crippen molar-refractivity contribution in [3.05, 3.63) is 0 Å². The molecule has 0 saturated carbocycles. The predicted molar refractivity (Wildman–Crippen MR) is 34.6 cm³/mol. The van der Waals surface area contributed by atoms with Gasteiger partial charge in [0.2, 0.25) is 0 Å². The third-order valence-electron chi connectivity index (χ3n) is 0.561. The van der Waals surface area contributed by atoms with E-state index in [-0.39, 0.29) is 5.01 Å². The van der Waals surface area contributed by atoms with Crippen molar-refractivity contribution in [3.63, 3.8) is 0 Å². The lowest BCUT2D eigenvalue weighted by atomic mass is 10.5. The molecule has 0 rings (SSSR count). The zero-order valence-electron chi connectivity index (χ0n) is 4.72. The first kappa shape index (κ1) is 7.93. The van der Waals surface area contributed by atoms with Crippen LogP contribution in [0.25, 0.3) is 0 Å². The van der Waals surface area contributed by atoms with Gasteiger partial charge in [-0.2, -0.15) is 5.26 Å². The van der Waals surface area contributed by atoms with Gasteiger partial charge in [0.15, 0.2) is 0 Å². The van der Waals surface area contributed by atoms with Gasteiger partial charge in [-0.25, -0.2) is 0 Å². The molecule has 0 N–H and O–H groups in total. The van der Waals surface area contributed by atoms with Crippen LogP contribution in [-0.2, 0) is 4.74 Å². The van der Waals surface area contributed by atoms with E-state index in [1.807, 2.05) is 13.0 Å². The molecule has 0 aromatic heterocycles. The summed E-state index contributed by atoms with van der Waals surface area (Å²) in [4.78, 5) is 0. The number of ether oxygens (including phenoxy) is 1. The highest BCUT2D eigenvalue weighted by molar-refractivity contribution is 9.09. The average molecular weight is 178 g/mol. The van der Waals surface area contributed by atoms with Crippen molar-refractivity contribution in [1.82, 2.24) is 0 Å². The molecule has 46 valence electrons. The van der Waals surface area contributed by atoms with E-state index >= 15 is 0 Å². The van der Waals surface area contributed by atoms with Crippen molar-refractivity contribution >= 4 is 15.9 Å². The predicted octanol–water partition coefficient (Wildman–Crippen LogP) is 1.66. The minimum absolute atomic E-state index is 0.0656. The lowest BCUT2D eigenvalue weighted by Crippen LogP contribution is -1.98. The average Bonchev–Trinajstić information content (AvgIpc) is 1.66. The fraction of sp³-hybridized carbons (Fsp3) is 0.800. The van der Waals surface area contributed by atoms with Gasteiger partial charge >= 0.3 is 0 Å². The number of halogens is 1. The van der Waals surface area contributed by atoms with Crippen LogP contribution in [0.5, 0.6) is 0 Å². The lowest BCUT2D eigenvalue weighted by Gasteiger charge is -2.00. The van der Waals surface area contributed by atoms with Crippen LogP contribution in [0.3, 0.4) is 0 Å². The van der Waals surface area contributed by atoms with E-state index in [1.54, 1.807) is 0 Å². The summed E-state index contributed by atoms with van der Waals surface area (Å²) in [5.74, 6) is 0. The van der Waals surface area contributed by atoms with Crippen LogP contribution in [-0.4, -0.2) is 11.6 Å². The van der Waals surface area contributed by atoms with Gasteiger partial charge in [0.25, 0.3) is 0 Å². The molecule has 0 saturated heterocycles. The van der Waals surface area contributed by atoms with Gasteiger partial charge in [-0.3, -0.25) is 0 Å². The summed E-state index contributed by atoms with van der Waals surface area (Å²) in [6.07, 6.45) is 0.468. The number of nitriles is 1. The molecule has 0 spiro atoms. The first-order chi connectivity index (χ1) is 3.77. The second kappa shape index (κ2) is 5.07. The van der Waals surface area contributed by atoms with Crippen LogP contribution < -0.4 is 0 Å². The SMILES string of the molecule is CC(Br)OCCC#N. The van der Waals surface area contributed by atoms with Crippen LogP contribution in [0.15, 0.2) is 0 Å². The summed E-state index contributed by atoms with van der Waals surface area (Å²) in [7, 11) is 0. The highest BCUT2D eigenvalue weighted by atomic mass is 79.9. The summed E-state index contributed by atoms with van der Waals surface area (Å²) >= 11 is 3.17. The van der Waals surface area contributed by atoms with E-state index in [0.29, 0.717) is 13.0 Å². The number of hydrogen-bond donors (Lipinski definition) is 0. The standard InChI is InChI=1S/C5H8BrNO/c1-5(6)8-4-2-3-7/h5H,2,4H2,1H3. The maximum atomic E-state index is 8.03. The third-order valence-corrected chi connectivity index (χ3v) is 0.826. The molecule has 0 aromatic rings. The summed E-state index contributed by atoms with van der Waals surface area (Å²) in [5, 5.41) is 8.10. The molecule has 0 aromatic carbocycles. The maximum Gasteiger partial charge on any atom is 0.109 e. The van der Waals surface area contributed by atoms with Crippen molar-refractivity contribution in [3.8, 4) is 6.07 Å².